The van der Waals surface area contributed by atoms with Crippen LogP contribution in [0, 0.1) is 0 Å². The van der Waals surface area contributed by atoms with Crippen molar-refractivity contribution in [3.63, 3.8) is 0 Å². The highest BCUT2D eigenvalue weighted by Gasteiger charge is 2.65. The van der Waals surface area contributed by atoms with Crippen LogP contribution in [0.5, 0.6) is 0 Å². The monoisotopic (exact) mass is 296 g/mol. The van der Waals surface area contributed by atoms with Crippen molar-refractivity contribution in [1.29, 1.82) is 0 Å². The molecule has 0 unspecified atom stereocenters. The zero-order chi connectivity index (χ0) is 13.6. The molecule has 0 aliphatic heterocycles. The van der Waals surface area contributed by atoms with Gasteiger partial charge in [0.1, 0.15) is 4.90 Å². The lowest BCUT2D eigenvalue weighted by molar-refractivity contribution is 0.364. The van der Waals surface area contributed by atoms with Gasteiger partial charge in [0.25, 0.3) is 0 Å². The molecule has 1 aromatic rings. The summed E-state index contributed by atoms with van der Waals surface area (Å²) in [5.74, 6) is -0.714. The van der Waals surface area contributed by atoms with E-state index in [0.717, 1.165) is 18.4 Å². The van der Waals surface area contributed by atoms with E-state index in [4.69, 9.17) is 0 Å². The first-order chi connectivity index (χ1) is 7.17. The molecule has 0 aliphatic rings. The van der Waals surface area contributed by atoms with Crippen molar-refractivity contribution in [2.75, 3.05) is 6.26 Å². The van der Waals surface area contributed by atoms with Crippen LogP contribution in [0.2, 0.25) is 0 Å². The SMILES string of the molecule is CS(=O)(=O)Cc1cccc(S(F)(F)(F)(F)F)c1. The Bertz CT molecular complexity index is 547. The van der Waals surface area contributed by atoms with E-state index in [-0.39, 0.29) is 17.7 Å². The van der Waals surface area contributed by atoms with Gasteiger partial charge in [0, 0.05) is 6.26 Å². The third-order valence-electron chi connectivity index (χ3n) is 1.77. The van der Waals surface area contributed by atoms with Crippen LogP contribution in [-0.4, -0.2) is 14.7 Å². The van der Waals surface area contributed by atoms with Gasteiger partial charge in [-0.25, -0.2) is 8.42 Å². The molecule has 0 amide bonds. The van der Waals surface area contributed by atoms with Gasteiger partial charge in [-0.1, -0.05) is 31.6 Å². The Balaban J connectivity index is 3.30. The molecule has 0 radical (unpaired) electrons. The molecule has 0 aromatic heterocycles. The van der Waals surface area contributed by atoms with E-state index in [2.05, 4.69) is 0 Å². The summed E-state index contributed by atoms with van der Waals surface area (Å²) in [5, 5.41) is 0. The van der Waals surface area contributed by atoms with Gasteiger partial charge in [0.2, 0.25) is 0 Å². The number of benzene rings is 1. The van der Waals surface area contributed by atoms with Crippen molar-refractivity contribution in [1.82, 2.24) is 0 Å². The van der Waals surface area contributed by atoms with Crippen LogP contribution in [0.15, 0.2) is 29.2 Å². The summed E-state index contributed by atoms with van der Waals surface area (Å²) < 4.78 is 83.8. The quantitative estimate of drug-likeness (QED) is 0.793. The van der Waals surface area contributed by atoms with Crippen LogP contribution in [-0.2, 0) is 15.6 Å². The van der Waals surface area contributed by atoms with Gasteiger partial charge in [-0.2, -0.15) is 0 Å². The van der Waals surface area contributed by atoms with Crippen LogP contribution in [0.3, 0.4) is 0 Å². The molecule has 0 bridgehead atoms. The van der Waals surface area contributed by atoms with Crippen LogP contribution >= 0.6 is 10.2 Å². The maximum absolute atomic E-state index is 12.4. The molecule has 17 heavy (non-hydrogen) atoms. The molecule has 0 spiro atoms. The number of halogens is 5. The molecule has 0 saturated heterocycles. The number of rotatable bonds is 3. The lowest BCUT2D eigenvalue weighted by Gasteiger charge is -2.40. The average Bonchev–Trinajstić information content (AvgIpc) is 1.96. The fourth-order valence-corrected chi connectivity index (χ4v) is 2.67. The highest BCUT2D eigenvalue weighted by Crippen LogP contribution is 3.02. The number of hydrogen-bond acceptors (Lipinski definition) is 2. The van der Waals surface area contributed by atoms with Gasteiger partial charge < -0.3 is 0 Å². The second-order valence-electron chi connectivity index (χ2n) is 3.69. The van der Waals surface area contributed by atoms with E-state index in [0.29, 0.717) is 0 Å². The van der Waals surface area contributed by atoms with Gasteiger partial charge in [-0.3, -0.25) is 0 Å². The molecule has 0 atom stereocenters. The molecule has 1 rings (SSSR count). The molecule has 0 fully saturated rings. The Morgan fingerprint density at radius 1 is 1.12 bits per heavy atom. The van der Waals surface area contributed by atoms with E-state index in [1.165, 1.54) is 0 Å². The van der Waals surface area contributed by atoms with Gasteiger partial charge in [-0.15, -0.1) is 0 Å². The molecular weight excluding hydrogens is 287 g/mol. The highest BCUT2D eigenvalue weighted by atomic mass is 32.5. The summed E-state index contributed by atoms with van der Waals surface area (Å²) in [6.07, 6.45) is 0.805. The first kappa shape index (κ1) is 14.2. The maximum Gasteiger partial charge on any atom is 0.310 e. The lowest BCUT2D eigenvalue weighted by atomic mass is 10.2. The molecule has 9 heteroatoms. The maximum atomic E-state index is 12.4. The smallest absolute Gasteiger partial charge is 0.229 e. The summed E-state index contributed by atoms with van der Waals surface area (Å²) >= 11 is 0. The van der Waals surface area contributed by atoms with Crippen molar-refractivity contribution >= 4 is 20.1 Å². The van der Waals surface area contributed by atoms with Gasteiger partial charge in [0.15, 0.2) is 9.84 Å². The fraction of sp³-hybridized carbons (Fsp3) is 0.250. The first-order valence-electron chi connectivity index (χ1n) is 4.18. The zero-order valence-corrected chi connectivity index (χ0v) is 10.2. The molecule has 0 aliphatic carbocycles. The third-order valence-corrected chi connectivity index (χ3v) is 3.78. The van der Waals surface area contributed by atoms with Crippen molar-refractivity contribution < 1.29 is 27.8 Å². The minimum atomic E-state index is -9.74. The van der Waals surface area contributed by atoms with E-state index in [1.807, 2.05) is 0 Å². The van der Waals surface area contributed by atoms with Gasteiger partial charge in [0.05, 0.1) is 5.75 Å². The molecule has 0 heterocycles. The van der Waals surface area contributed by atoms with Crippen LogP contribution in [0.4, 0.5) is 19.4 Å². The number of sulfone groups is 1. The largest absolute Gasteiger partial charge is 0.310 e. The second-order valence-corrected chi connectivity index (χ2v) is 8.24. The molecule has 100 valence electrons. The van der Waals surface area contributed by atoms with Crippen molar-refractivity contribution in [3.8, 4) is 0 Å². The van der Waals surface area contributed by atoms with Crippen molar-refractivity contribution in [2.24, 2.45) is 0 Å². The Kier molecular flexibility index (Phi) is 2.62. The molecule has 0 N–H and O–H groups in total. The van der Waals surface area contributed by atoms with E-state index >= 15 is 0 Å². The summed E-state index contributed by atoms with van der Waals surface area (Å²) in [6.45, 7) is 0. The average molecular weight is 296 g/mol. The summed E-state index contributed by atoms with van der Waals surface area (Å²) in [6, 6.07) is 2.21. The zero-order valence-electron chi connectivity index (χ0n) is 8.54. The normalized spacial score (nSPS) is 17.3. The fourth-order valence-electron chi connectivity index (χ4n) is 1.18. The Morgan fingerprint density at radius 2 is 1.65 bits per heavy atom. The summed E-state index contributed by atoms with van der Waals surface area (Å²) in [5.41, 5.74) is -0.321. The Hall–Kier alpha value is -0.830. The molecule has 1 aromatic carbocycles. The summed E-state index contributed by atoms with van der Waals surface area (Å²) in [7, 11) is -13.3. The Morgan fingerprint density at radius 3 is 2.06 bits per heavy atom. The minimum Gasteiger partial charge on any atom is -0.229 e. The lowest BCUT2D eigenvalue weighted by Crippen LogP contribution is -2.07. The van der Waals surface area contributed by atoms with Crippen molar-refractivity contribution in [3.05, 3.63) is 29.8 Å². The van der Waals surface area contributed by atoms with Gasteiger partial charge >= 0.3 is 10.2 Å². The highest BCUT2D eigenvalue weighted by molar-refractivity contribution is 8.45. The van der Waals surface area contributed by atoms with Crippen LogP contribution < -0.4 is 0 Å². The van der Waals surface area contributed by atoms with Gasteiger partial charge in [-0.05, 0) is 17.7 Å². The van der Waals surface area contributed by atoms with Crippen LogP contribution in [0.1, 0.15) is 5.56 Å². The van der Waals surface area contributed by atoms with Crippen LogP contribution in [0.25, 0.3) is 0 Å². The van der Waals surface area contributed by atoms with E-state index in [9.17, 15) is 27.8 Å². The Labute approximate surface area is 95.1 Å². The topological polar surface area (TPSA) is 34.1 Å². The predicted octanol–water partition coefficient (Wildman–Crippen LogP) is 3.89. The second kappa shape index (κ2) is 3.14. The molecule has 2 nitrogen and oxygen atoms in total. The first-order valence-corrected chi connectivity index (χ1v) is 8.19. The standard InChI is InChI=1S/C8H9F5O2S2/c1-16(14,15)6-7-3-2-4-8(5-7)17(9,10,11,12)13/h2-5H,6H2,1H3. The predicted molar refractivity (Wildman–Crippen MR) is 56.4 cm³/mol. The van der Waals surface area contributed by atoms with Crippen molar-refractivity contribution in [2.45, 2.75) is 10.6 Å². The number of hydrogen-bond donors (Lipinski definition) is 0. The van der Waals surface area contributed by atoms with E-state index in [1.54, 1.807) is 0 Å². The molecule has 0 saturated carbocycles. The summed E-state index contributed by atoms with van der Waals surface area (Å²) in [4.78, 5) is -2.08. The minimum absolute atomic E-state index is 0.169. The van der Waals surface area contributed by atoms with E-state index < -0.39 is 30.7 Å². The molecular formula is C8H9F5O2S2. The third kappa shape index (κ3) is 4.50.